The Kier molecular flexibility index (Phi) is 5.51. The van der Waals surface area contributed by atoms with Gasteiger partial charge in [0.15, 0.2) is 11.5 Å². The Morgan fingerprint density at radius 1 is 1.29 bits per heavy atom. The van der Waals surface area contributed by atoms with Crippen molar-refractivity contribution >= 4 is 46.3 Å². The highest BCUT2D eigenvalue weighted by Gasteiger charge is 2.55. The monoisotopic (exact) mass is 486 g/mol. The number of carbonyl (C=O) groups is 2. The third-order valence-electron chi connectivity index (χ3n) is 6.36. The zero-order chi connectivity index (χ0) is 24.1. The summed E-state index contributed by atoms with van der Waals surface area (Å²) in [5, 5.41) is 2.76. The lowest BCUT2D eigenvalue weighted by molar-refractivity contribution is -0.140. The lowest BCUT2D eigenvalue weighted by Gasteiger charge is -2.27. The third-order valence-corrected chi connectivity index (χ3v) is 6.66. The maximum Gasteiger partial charge on any atom is 0.243 e. The summed E-state index contributed by atoms with van der Waals surface area (Å²) in [6.45, 7) is -0.0372. The van der Waals surface area contributed by atoms with Gasteiger partial charge in [-0.2, -0.15) is 9.97 Å². The second kappa shape index (κ2) is 8.39. The molecule has 3 atom stereocenters. The molecule has 2 amide bonds. The molecule has 3 aromatic rings. The summed E-state index contributed by atoms with van der Waals surface area (Å²) >= 11 is 5.82. The van der Waals surface area contributed by atoms with Crippen LogP contribution in [0, 0.1) is 11.7 Å². The SMILES string of the molecule is CN(C)c1nc(N)c2ncn(CC(=O)N3C(C(=O)NCc4cccc(Cl)c4F)C[C@H]4CC43)c2n1. The zero-order valence-electron chi connectivity index (χ0n) is 18.7. The molecule has 12 heteroatoms. The van der Waals surface area contributed by atoms with Crippen LogP contribution in [0.2, 0.25) is 5.02 Å². The molecule has 2 unspecified atom stereocenters. The van der Waals surface area contributed by atoms with Gasteiger partial charge in [-0.05, 0) is 24.8 Å². The van der Waals surface area contributed by atoms with Gasteiger partial charge in [-0.3, -0.25) is 9.59 Å². The molecule has 1 aliphatic heterocycles. The van der Waals surface area contributed by atoms with Crippen molar-refractivity contribution in [3.8, 4) is 0 Å². The Morgan fingerprint density at radius 2 is 2.09 bits per heavy atom. The number of amides is 2. The van der Waals surface area contributed by atoms with Gasteiger partial charge in [-0.1, -0.05) is 23.7 Å². The molecule has 0 bridgehead atoms. The van der Waals surface area contributed by atoms with Crippen molar-refractivity contribution in [1.82, 2.24) is 29.7 Å². The molecule has 1 saturated heterocycles. The van der Waals surface area contributed by atoms with E-state index in [0.717, 1.165) is 6.42 Å². The van der Waals surface area contributed by atoms with Crippen LogP contribution in [0.4, 0.5) is 16.2 Å². The normalized spacial score (nSPS) is 20.9. The van der Waals surface area contributed by atoms with Gasteiger partial charge in [0.05, 0.1) is 11.3 Å². The number of nitrogens with two attached hydrogens (primary N) is 1. The Hall–Kier alpha value is -3.47. The highest BCUT2D eigenvalue weighted by Crippen LogP contribution is 2.48. The van der Waals surface area contributed by atoms with Crippen molar-refractivity contribution < 1.29 is 14.0 Å². The molecule has 2 aromatic heterocycles. The first kappa shape index (κ1) is 22.3. The largest absolute Gasteiger partial charge is 0.382 e. The quantitative estimate of drug-likeness (QED) is 0.542. The molecule has 1 saturated carbocycles. The van der Waals surface area contributed by atoms with Gasteiger partial charge in [0.1, 0.15) is 23.9 Å². The van der Waals surface area contributed by atoms with Crippen molar-refractivity contribution in [3.05, 3.63) is 40.9 Å². The summed E-state index contributed by atoms with van der Waals surface area (Å²) in [5.41, 5.74) is 7.18. The molecule has 178 valence electrons. The fraction of sp³-hybridized carbons (Fsp3) is 0.409. The predicted molar refractivity (Wildman–Crippen MR) is 124 cm³/mol. The summed E-state index contributed by atoms with van der Waals surface area (Å²) < 4.78 is 15.8. The molecule has 0 radical (unpaired) electrons. The van der Waals surface area contributed by atoms with Crippen LogP contribution in [0.25, 0.3) is 11.2 Å². The van der Waals surface area contributed by atoms with Gasteiger partial charge in [0.25, 0.3) is 0 Å². The number of anilines is 2. The molecule has 0 spiro atoms. The number of benzene rings is 1. The van der Waals surface area contributed by atoms with Crippen LogP contribution in [-0.4, -0.2) is 62.4 Å². The van der Waals surface area contributed by atoms with E-state index in [9.17, 15) is 14.0 Å². The van der Waals surface area contributed by atoms with E-state index in [1.807, 2.05) is 0 Å². The Bertz CT molecular complexity index is 1300. The van der Waals surface area contributed by atoms with Crippen LogP contribution < -0.4 is 16.0 Å². The van der Waals surface area contributed by atoms with Gasteiger partial charge in [-0.15, -0.1) is 0 Å². The summed E-state index contributed by atoms with van der Waals surface area (Å²) in [4.78, 5) is 42.6. The Labute approximate surface area is 199 Å². The van der Waals surface area contributed by atoms with Gasteiger partial charge in [-0.25, -0.2) is 9.37 Å². The molecule has 34 heavy (non-hydrogen) atoms. The molecule has 5 rings (SSSR count). The van der Waals surface area contributed by atoms with E-state index in [1.54, 1.807) is 40.6 Å². The predicted octanol–water partition coefficient (Wildman–Crippen LogP) is 1.57. The minimum atomic E-state index is -0.606. The molecule has 3 heterocycles. The number of rotatable bonds is 6. The number of fused-ring (bicyclic) bond motifs is 2. The number of imidazole rings is 1. The molecule has 1 aliphatic carbocycles. The van der Waals surface area contributed by atoms with E-state index in [-0.39, 0.29) is 41.8 Å². The van der Waals surface area contributed by atoms with Crippen LogP contribution in [0.15, 0.2) is 24.5 Å². The number of piperidine rings is 1. The first-order valence-corrected chi connectivity index (χ1v) is 11.3. The van der Waals surface area contributed by atoms with Crippen LogP contribution in [-0.2, 0) is 22.7 Å². The van der Waals surface area contributed by atoms with E-state index >= 15 is 0 Å². The average molecular weight is 487 g/mol. The number of halogens is 2. The summed E-state index contributed by atoms with van der Waals surface area (Å²) in [6.07, 6.45) is 2.97. The highest BCUT2D eigenvalue weighted by atomic mass is 35.5. The van der Waals surface area contributed by atoms with E-state index in [0.29, 0.717) is 35.0 Å². The fourth-order valence-electron chi connectivity index (χ4n) is 4.53. The number of nitrogens with one attached hydrogen (secondary N) is 1. The van der Waals surface area contributed by atoms with E-state index in [2.05, 4.69) is 20.3 Å². The Balaban J connectivity index is 1.32. The van der Waals surface area contributed by atoms with Crippen LogP contribution >= 0.6 is 11.6 Å². The first-order valence-electron chi connectivity index (χ1n) is 10.9. The maximum absolute atomic E-state index is 14.2. The minimum absolute atomic E-state index is 0.0000863. The highest BCUT2D eigenvalue weighted by molar-refractivity contribution is 6.30. The number of nitrogen functional groups attached to an aromatic ring is 1. The van der Waals surface area contributed by atoms with Crippen molar-refractivity contribution in [2.45, 2.75) is 38.0 Å². The number of likely N-dealkylation sites (tertiary alicyclic amines) is 1. The first-order chi connectivity index (χ1) is 16.2. The molecular formula is C22H24ClFN8O2. The minimum Gasteiger partial charge on any atom is -0.382 e. The standard InChI is InChI=1S/C22H24ClFN8O2/c1-30(2)22-28-19(25)18-20(29-22)31(10-27-18)9-16(33)32-14-6-12(14)7-15(32)21(34)26-8-11-4-3-5-13(23)17(11)24/h3-5,10,12,14-15H,6-9H2,1-2H3,(H,26,34)(H2,25,28,29)/t12-,14?,15?/m1/s1. The topological polar surface area (TPSA) is 122 Å². The van der Waals surface area contributed by atoms with Gasteiger partial charge >= 0.3 is 0 Å². The number of hydrogen-bond donors (Lipinski definition) is 2. The summed E-state index contributed by atoms with van der Waals surface area (Å²) in [6, 6.07) is 4.08. The van der Waals surface area contributed by atoms with Crippen LogP contribution in [0.5, 0.6) is 0 Å². The smallest absolute Gasteiger partial charge is 0.243 e. The molecule has 2 fully saturated rings. The van der Waals surface area contributed by atoms with Gasteiger partial charge in [0.2, 0.25) is 17.8 Å². The average Bonchev–Trinajstić information content (AvgIpc) is 3.27. The van der Waals surface area contributed by atoms with Crippen molar-refractivity contribution in [2.75, 3.05) is 24.7 Å². The number of hydrogen-bond acceptors (Lipinski definition) is 7. The van der Waals surface area contributed by atoms with E-state index in [1.165, 1.54) is 12.4 Å². The third kappa shape index (κ3) is 3.89. The Morgan fingerprint density at radius 3 is 2.85 bits per heavy atom. The molecule has 10 nitrogen and oxygen atoms in total. The lowest BCUT2D eigenvalue weighted by Crippen LogP contribution is -2.48. The zero-order valence-corrected chi connectivity index (χ0v) is 19.5. The number of carbonyl (C=O) groups excluding carboxylic acids is 2. The van der Waals surface area contributed by atoms with Crippen LogP contribution in [0.3, 0.4) is 0 Å². The molecule has 2 aliphatic rings. The van der Waals surface area contributed by atoms with Gasteiger partial charge < -0.3 is 25.4 Å². The van der Waals surface area contributed by atoms with Crippen molar-refractivity contribution in [3.63, 3.8) is 0 Å². The van der Waals surface area contributed by atoms with Crippen molar-refractivity contribution in [2.24, 2.45) is 5.92 Å². The number of nitrogens with zero attached hydrogens (tertiary/aromatic N) is 6. The molecule has 3 N–H and O–H groups in total. The second-order valence-corrected chi connectivity index (χ2v) is 9.30. The van der Waals surface area contributed by atoms with Crippen molar-refractivity contribution in [1.29, 1.82) is 0 Å². The summed E-state index contributed by atoms with van der Waals surface area (Å²) in [7, 11) is 3.59. The maximum atomic E-state index is 14.2. The number of aromatic nitrogens is 4. The van der Waals surface area contributed by atoms with E-state index in [4.69, 9.17) is 17.3 Å². The second-order valence-electron chi connectivity index (χ2n) is 8.89. The van der Waals surface area contributed by atoms with Crippen LogP contribution in [0.1, 0.15) is 18.4 Å². The van der Waals surface area contributed by atoms with E-state index < -0.39 is 11.9 Å². The lowest BCUT2D eigenvalue weighted by atomic mass is 10.1. The molecule has 1 aromatic carbocycles. The molecular weight excluding hydrogens is 463 g/mol. The van der Waals surface area contributed by atoms with Gasteiger partial charge in [0, 0.05) is 32.2 Å². The summed E-state index contributed by atoms with van der Waals surface area (Å²) in [5.74, 6) is -0.127. The fourth-order valence-corrected chi connectivity index (χ4v) is 4.73.